The van der Waals surface area contributed by atoms with Crippen LogP contribution in [-0.2, 0) is 11.3 Å². The van der Waals surface area contributed by atoms with Crippen LogP contribution in [0, 0.1) is 0 Å². The standard InChI is InChI=1S/C10H10ClN3O2/c1-13-6-9(15)14(10(13)16)5-7-3-2-4-8(11)12-7/h2-4H,5-6H2,1H3. The largest absolute Gasteiger partial charge is 0.327 e. The summed E-state index contributed by atoms with van der Waals surface area (Å²) in [5, 5.41) is 0.352. The first-order valence-corrected chi connectivity index (χ1v) is 5.12. The normalized spacial score (nSPS) is 16.1. The van der Waals surface area contributed by atoms with Crippen molar-refractivity contribution in [1.82, 2.24) is 14.8 Å². The summed E-state index contributed by atoms with van der Waals surface area (Å²) in [5.41, 5.74) is 0.601. The summed E-state index contributed by atoms with van der Waals surface area (Å²) in [5.74, 6) is -0.214. The van der Waals surface area contributed by atoms with E-state index in [0.29, 0.717) is 10.8 Å². The van der Waals surface area contributed by atoms with Gasteiger partial charge in [-0.15, -0.1) is 0 Å². The number of hydrogen-bond donors (Lipinski definition) is 0. The van der Waals surface area contributed by atoms with Gasteiger partial charge in [-0.1, -0.05) is 17.7 Å². The van der Waals surface area contributed by atoms with E-state index in [4.69, 9.17) is 11.6 Å². The Morgan fingerprint density at radius 2 is 2.19 bits per heavy atom. The average Bonchev–Trinajstić information content (AvgIpc) is 2.45. The minimum Gasteiger partial charge on any atom is -0.318 e. The lowest BCUT2D eigenvalue weighted by Crippen LogP contribution is -2.31. The third-order valence-electron chi connectivity index (χ3n) is 2.32. The van der Waals surface area contributed by atoms with Crippen molar-refractivity contribution in [3.05, 3.63) is 29.0 Å². The number of hydrogen-bond acceptors (Lipinski definition) is 3. The third kappa shape index (κ3) is 1.99. The maximum absolute atomic E-state index is 11.6. The SMILES string of the molecule is CN1CC(=O)N(Cc2cccc(Cl)n2)C1=O. The molecule has 2 heterocycles. The molecular weight excluding hydrogens is 230 g/mol. The zero-order valence-corrected chi connectivity index (χ0v) is 9.44. The van der Waals surface area contributed by atoms with Crippen LogP contribution in [0.25, 0.3) is 0 Å². The minimum atomic E-state index is -0.299. The van der Waals surface area contributed by atoms with Gasteiger partial charge in [-0.05, 0) is 12.1 Å². The maximum Gasteiger partial charge on any atom is 0.327 e. The lowest BCUT2D eigenvalue weighted by Gasteiger charge is -2.13. The molecule has 2 rings (SSSR count). The molecule has 5 nitrogen and oxygen atoms in total. The molecule has 1 aliphatic rings. The van der Waals surface area contributed by atoms with Crippen molar-refractivity contribution in [2.75, 3.05) is 13.6 Å². The van der Waals surface area contributed by atoms with Crippen molar-refractivity contribution in [3.63, 3.8) is 0 Å². The number of aromatic nitrogens is 1. The number of halogens is 1. The van der Waals surface area contributed by atoms with Gasteiger partial charge in [0.25, 0.3) is 5.91 Å². The van der Waals surface area contributed by atoms with Crippen molar-refractivity contribution >= 4 is 23.5 Å². The van der Waals surface area contributed by atoms with Crippen molar-refractivity contribution in [3.8, 4) is 0 Å². The molecule has 0 aromatic carbocycles. The van der Waals surface area contributed by atoms with E-state index in [1.165, 1.54) is 9.80 Å². The molecule has 1 aliphatic heterocycles. The molecule has 0 aliphatic carbocycles. The van der Waals surface area contributed by atoms with Crippen LogP contribution in [0.4, 0.5) is 4.79 Å². The fraction of sp³-hybridized carbons (Fsp3) is 0.300. The highest BCUT2D eigenvalue weighted by Crippen LogP contribution is 2.13. The van der Waals surface area contributed by atoms with Gasteiger partial charge >= 0.3 is 6.03 Å². The number of rotatable bonds is 2. The lowest BCUT2D eigenvalue weighted by atomic mass is 10.3. The van der Waals surface area contributed by atoms with E-state index in [1.807, 2.05) is 0 Å². The fourth-order valence-electron chi connectivity index (χ4n) is 1.52. The van der Waals surface area contributed by atoms with Gasteiger partial charge in [0.1, 0.15) is 11.7 Å². The zero-order chi connectivity index (χ0) is 11.7. The minimum absolute atomic E-state index is 0.124. The van der Waals surface area contributed by atoms with E-state index in [0.717, 1.165) is 0 Å². The van der Waals surface area contributed by atoms with Crippen LogP contribution < -0.4 is 0 Å². The Morgan fingerprint density at radius 1 is 1.44 bits per heavy atom. The highest BCUT2D eigenvalue weighted by Gasteiger charge is 2.33. The molecule has 0 radical (unpaired) electrons. The van der Waals surface area contributed by atoms with Gasteiger partial charge in [0, 0.05) is 7.05 Å². The molecule has 0 N–H and O–H groups in total. The number of pyridine rings is 1. The van der Waals surface area contributed by atoms with Crippen LogP contribution in [0.15, 0.2) is 18.2 Å². The molecule has 0 bridgehead atoms. The summed E-state index contributed by atoms with van der Waals surface area (Å²) in [6.07, 6.45) is 0. The van der Waals surface area contributed by atoms with Crippen LogP contribution in [-0.4, -0.2) is 40.3 Å². The van der Waals surface area contributed by atoms with Crippen molar-refractivity contribution in [2.45, 2.75) is 6.54 Å². The van der Waals surface area contributed by atoms with E-state index in [9.17, 15) is 9.59 Å². The smallest absolute Gasteiger partial charge is 0.318 e. The molecule has 0 saturated carbocycles. The molecule has 0 atom stereocenters. The number of imide groups is 1. The van der Waals surface area contributed by atoms with Crippen LogP contribution in [0.5, 0.6) is 0 Å². The maximum atomic E-state index is 11.6. The van der Waals surface area contributed by atoms with Crippen LogP contribution in [0.2, 0.25) is 5.15 Å². The molecule has 1 saturated heterocycles. The zero-order valence-electron chi connectivity index (χ0n) is 8.68. The summed E-state index contributed by atoms with van der Waals surface area (Å²) < 4.78 is 0. The second-order valence-corrected chi connectivity index (χ2v) is 3.96. The van der Waals surface area contributed by atoms with E-state index >= 15 is 0 Å². The predicted molar refractivity (Wildman–Crippen MR) is 57.8 cm³/mol. The Kier molecular flexibility index (Phi) is 2.78. The second kappa shape index (κ2) is 4.09. The topological polar surface area (TPSA) is 53.5 Å². The number of carbonyl (C=O) groups is 2. The Hall–Kier alpha value is -1.62. The van der Waals surface area contributed by atoms with Crippen LogP contribution in [0.3, 0.4) is 0 Å². The van der Waals surface area contributed by atoms with E-state index in [2.05, 4.69) is 4.98 Å². The molecule has 1 aromatic heterocycles. The Labute approximate surface area is 97.6 Å². The third-order valence-corrected chi connectivity index (χ3v) is 2.53. The van der Waals surface area contributed by atoms with Crippen LogP contribution >= 0.6 is 11.6 Å². The first-order valence-electron chi connectivity index (χ1n) is 4.75. The summed E-state index contributed by atoms with van der Waals surface area (Å²) in [4.78, 5) is 29.6. The first kappa shape index (κ1) is 10.9. The monoisotopic (exact) mass is 239 g/mol. The van der Waals surface area contributed by atoms with Gasteiger partial charge in [0.15, 0.2) is 0 Å². The molecule has 6 heteroatoms. The molecule has 1 aromatic rings. The summed E-state index contributed by atoms with van der Waals surface area (Å²) >= 11 is 5.72. The van der Waals surface area contributed by atoms with Gasteiger partial charge in [-0.25, -0.2) is 9.78 Å². The number of carbonyl (C=O) groups excluding carboxylic acids is 2. The molecule has 1 fully saturated rings. The summed E-state index contributed by atoms with van der Waals surface area (Å²) in [6.45, 7) is 0.294. The summed E-state index contributed by atoms with van der Waals surface area (Å²) in [7, 11) is 1.59. The molecule has 16 heavy (non-hydrogen) atoms. The van der Waals surface area contributed by atoms with E-state index < -0.39 is 0 Å². The number of likely N-dealkylation sites (N-methyl/N-ethyl adjacent to an activating group) is 1. The molecule has 0 spiro atoms. The quantitative estimate of drug-likeness (QED) is 0.574. The fourth-order valence-corrected chi connectivity index (χ4v) is 1.71. The van der Waals surface area contributed by atoms with Gasteiger partial charge in [0.2, 0.25) is 0 Å². The molecule has 0 unspecified atom stereocenters. The predicted octanol–water partition coefficient (Wildman–Crippen LogP) is 1.13. The van der Waals surface area contributed by atoms with E-state index in [1.54, 1.807) is 25.2 Å². The van der Waals surface area contributed by atoms with Gasteiger partial charge in [-0.2, -0.15) is 0 Å². The van der Waals surface area contributed by atoms with Crippen molar-refractivity contribution < 1.29 is 9.59 Å². The lowest BCUT2D eigenvalue weighted by molar-refractivity contribution is -0.125. The van der Waals surface area contributed by atoms with E-state index in [-0.39, 0.29) is 25.0 Å². The summed E-state index contributed by atoms with van der Waals surface area (Å²) in [6, 6.07) is 4.81. The number of nitrogens with zero attached hydrogens (tertiary/aromatic N) is 3. The van der Waals surface area contributed by atoms with Gasteiger partial charge in [0.05, 0.1) is 12.2 Å². The first-order chi connectivity index (χ1) is 7.58. The Balaban J connectivity index is 2.16. The van der Waals surface area contributed by atoms with Crippen molar-refractivity contribution in [1.29, 1.82) is 0 Å². The van der Waals surface area contributed by atoms with Gasteiger partial charge < -0.3 is 4.90 Å². The molecular formula is C10H10ClN3O2. The average molecular weight is 240 g/mol. The molecule has 3 amide bonds. The number of urea groups is 1. The highest BCUT2D eigenvalue weighted by atomic mass is 35.5. The van der Waals surface area contributed by atoms with Crippen molar-refractivity contribution in [2.24, 2.45) is 0 Å². The van der Waals surface area contributed by atoms with Crippen LogP contribution in [0.1, 0.15) is 5.69 Å². The van der Waals surface area contributed by atoms with Gasteiger partial charge in [-0.3, -0.25) is 9.69 Å². The Bertz CT molecular complexity index is 449. The number of amides is 3. The molecule has 84 valence electrons. The second-order valence-electron chi connectivity index (χ2n) is 3.57. The highest BCUT2D eigenvalue weighted by molar-refractivity contribution is 6.29. The Morgan fingerprint density at radius 3 is 2.75 bits per heavy atom.